The van der Waals surface area contributed by atoms with E-state index in [1.807, 2.05) is 18.2 Å². The van der Waals surface area contributed by atoms with Crippen LogP contribution in [-0.4, -0.2) is 34.4 Å². The van der Waals surface area contributed by atoms with Crippen LogP contribution in [-0.2, 0) is 17.9 Å². The first-order valence-corrected chi connectivity index (χ1v) is 9.65. The lowest BCUT2D eigenvalue weighted by Gasteiger charge is -2.40. The molecule has 0 atom stereocenters. The van der Waals surface area contributed by atoms with Gasteiger partial charge in [-0.2, -0.15) is 0 Å². The fourth-order valence-corrected chi connectivity index (χ4v) is 4.38. The van der Waals surface area contributed by atoms with Crippen molar-refractivity contribution in [1.29, 1.82) is 0 Å². The van der Waals surface area contributed by atoms with E-state index in [9.17, 15) is 4.79 Å². The van der Waals surface area contributed by atoms with Gasteiger partial charge in [-0.3, -0.25) is 15.0 Å². The molecule has 1 amide bonds. The third kappa shape index (κ3) is 2.93. The number of benzene rings is 2. The van der Waals surface area contributed by atoms with Crippen LogP contribution in [0.3, 0.4) is 0 Å². The number of carbonyl (C=O) groups excluding carboxylic acids is 1. The van der Waals surface area contributed by atoms with Gasteiger partial charge in [0, 0.05) is 49.0 Å². The highest BCUT2D eigenvalue weighted by Crippen LogP contribution is 2.30. The van der Waals surface area contributed by atoms with Gasteiger partial charge in [-0.15, -0.1) is 0 Å². The van der Waals surface area contributed by atoms with Gasteiger partial charge in [0.25, 0.3) is 0 Å². The molecule has 0 unspecified atom stereocenters. The normalized spacial score (nSPS) is 19.6. The van der Waals surface area contributed by atoms with Crippen molar-refractivity contribution in [2.75, 3.05) is 18.4 Å². The number of likely N-dealkylation sites (tertiary alicyclic amines) is 1. The molecule has 1 saturated heterocycles. The first-order valence-electron chi connectivity index (χ1n) is 9.65. The minimum atomic E-state index is -0.463. The molecule has 3 heterocycles. The predicted octanol–water partition coefficient (Wildman–Crippen LogP) is 3.24. The van der Waals surface area contributed by atoms with E-state index < -0.39 is 5.54 Å². The second-order valence-corrected chi connectivity index (χ2v) is 7.68. The zero-order chi connectivity index (χ0) is 18.3. The number of rotatable bonds is 2. The minimum Gasteiger partial charge on any atom is -0.361 e. The molecule has 0 saturated carbocycles. The second kappa shape index (κ2) is 6.51. The van der Waals surface area contributed by atoms with E-state index in [2.05, 4.69) is 57.0 Å². The molecule has 0 bridgehead atoms. The summed E-state index contributed by atoms with van der Waals surface area (Å²) in [4.78, 5) is 18.8. The SMILES string of the molecule is O=C1Nc2ccccc2CNC12CCN(Cc1c[nH]c3ccccc13)CC2. The molecule has 1 spiro atoms. The summed E-state index contributed by atoms with van der Waals surface area (Å²) in [7, 11) is 0. The number of anilines is 1. The van der Waals surface area contributed by atoms with Crippen LogP contribution in [0.4, 0.5) is 5.69 Å². The lowest BCUT2D eigenvalue weighted by Crippen LogP contribution is -2.58. The Hall–Kier alpha value is -2.63. The third-order valence-corrected chi connectivity index (χ3v) is 6.10. The van der Waals surface area contributed by atoms with Gasteiger partial charge in [0.1, 0.15) is 5.54 Å². The lowest BCUT2D eigenvalue weighted by molar-refractivity contribution is -0.124. The van der Waals surface area contributed by atoms with Crippen molar-refractivity contribution in [3.05, 3.63) is 65.9 Å². The standard InChI is InChI=1S/C22H24N4O/c27-21-22(24-14-16-5-1-3-7-19(16)25-21)9-11-26(12-10-22)15-17-13-23-20-8-4-2-6-18(17)20/h1-8,13,23-24H,9-12,14-15H2,(H,25,27). The monoisotopic (exact) mass is 360 g/mol. The molecule has 3 aromatic rings. The van der Waals surface area contributed by atoms with E-state index in [1.54, 1.807) is 0 Å². The Morgan fingerprint density at radius 1 is 1.00 bits per heavy atom. The zero-order valence-electron chi connectivity index (χ0n) is 15.3. The van der Waals surface area contributed by atoms with Crippen LogP contribution in [0, 0.1) is 0 Å². The van der Waals surface area contributed by atoms with Crippen molar-refractivity contribution in [3.8, 4) is 0 Å². The Bertz CT molecular complexity index is 985. The first kappa shape index (κ1) is 16.5. The van der Waals surface area contributed by atoms with E-state index in [0.717, 1.165) is 50.3 Å². The van der Waals surface area contributed by atoms with Crippen molar-refractivity contribution in [2.24, 2.45) is 0 Å². The van der Waals surface area contributed by atoms with Crippen molar-refractivity contribution in [2.45, 2.75) is 31.5 Å². The van der Waals surface area contributed by atoms with Gasteiger partial charge < -0.3 is 10.3 Å². The lowest BCUT2D eigenvalue weighted by atomic mass is 9.86. The summed E-state index contributed by atoms with van der Waals surface area (Å²) in [6.45, 7) is 3.48. The number of aromatic amines is 1. The maximum absolute atomic E-state index is 13.0. The summed E-state index contributed by atoms with van der Waals surface area (Å²) >= 11 is 0. The summed E-state index contributed by atoms with van der Waals surface area (Å²) in [6, 6.07) is 16.5. The third-order valence-electron chi connectivity index (χ3n) is 6.10. The molecule has 0 aliphatic carbocycles. The van der Waals surface area contributed by atoms with Gasteiger partial charge in [-0.05, 0) is 36.1 Å². The second-order valence-electron chi connectivity index (χ2n) is 7.68. The van der Waals surface area contributed by atoms with E-state index in [1.165, 1.54) is 16.5 Å². The van der Waals surface area contributed by atoms with E-state index in [-0.39, 0.29) is 5.91 Å². The quantitative estimate of drug-likeness (QED) is 0.657. The summed E-state index contributed by atoms with van der Waals surface area (Å²) < 4.78 is 0. The van der Waals surface area contributed by atoms with Crippen LogP contribution in [0.5, 0.6) is 0 Å². The minimum absolute atomic E-state index is 0.110. The Labute approximate surface area is 158 Å². The van der Waals surface area contributed by atoms with Crippen LogP contribution in [0.2, 0.25) is 0 Å². The summed E-state index contributed by atoms with van der Waals surface area (Å²) in [5.74, 6) is 0.110. The summed E-state index contributed by atoms with van der Waals surface area (Å²) in [5, 5.41) is 8.00. The highest BCUT2D eigenvalue weighted by atomic mass is 16.2. The number of piperidine rings is 1. The van der Waals surface area contributed by atoms with Crippen LogP contribution in [0.25, 0.3) is 10.9 Å². The average Bonchev–Trinajstić information content (AvgIpc) is 3.05. The number of hydrogen-bond acceptors (Lipinski definition) is 3. The summed E-state index contributed by atoms with van der Waals surface area (Å²) in [6.07, 6.45) is 3.77. The summed E-state index contributed by atoms with van der Waals surface area (Å²) in [5.41, 5.74) is 4.14. The molecule has 3 N–H and O–H groups in total. The highest BCUT2D eigenvalue weighted by Gasteiger charge is 2.42. The molecule has 5 nitrogen and oxygen atoms in total. The number of aromatic nitrogens is 1. The maximum atomic E-state index is 13.0. The molecular weight excluding hydrogens is 336 g/mol. The first-order chi connectivity index (χ1) is 13.2. The maximum Gasteiger partial charge on any atom is 0.244 e. The largest absolute Gasteiger partial charge is 0.361 e. The van der Waals surface area contributed by atoms with Crippen molar-refractivity contribution < 1.29 is 4.79 Å². The Morgan fingerprint density at radius 2 is 1.78 bits per heavy atom. The van der Waals surface area contributed by atoms with Crippen molar-refractivity contribution >= 4 is 22.5 Å². The van der Waals surface area contributed by atoms with E-state index in [4.69, 9.17) is 0 Å². The molecule has 5 rings (SSSR count). The topological polar surface area (TPSA) is 60.2 Å². The van der Waals surface area contributed by atoms with E-state index >= 15 is 0 Å². The van der Waals surface area contributed by atoms with Crippen molar-refractivity contribution in [3.63, 3.8) is 0 Å². The fourth-order valence-electron chi connectivity index (χ4n) is 4.38. The highest BCUT2D eigenvalue weighted by molar-refractivity contribution is 5.99. The number of para-hydroxylation sites is 2. The molecule has 1 aromatic heterocycles. The molecule has 27 heavy (non-hydrogen) atoms. The van der Waals surface area contributed by atoms with Gasteiger partial charge in [0.05, 0.1) is 0 Å². The zero-order valence-corrected chi connectivity index (χ0v) is 15.3. The molecule has 1 fully saturated rings. The molecule has 2 aliphatic heterocycles. The average molecular weight is 360 g/mol. The number of hydrogen-bond donors (Lipinski definition) is 3. The number of amides is 1. The van der Waals surface area contributed by atoms with Crippen molar-refractivity contribution in [1.82, 2.24) is 15.2 Å². The Balaban J connectivity index is 1.29. The van der Waals surface area contributed by atoms with Gasteiger partial charge in [0.15, 0.2) is 0 Å². The predicted molar refractivity (Wildman–Crippen MR) is 107 cm³/mol. The molecule has 5 heteroatoms. The molecule has 2 aliphatic rings. The van der Waals surface area contributed by atoms with Crippen LogP contribution >= 0.6 is 0 Å². The molecule has 138 valence electrons. The smallest absolute Gasteiger partial charge is 0.244 e. The molecular formula is C22H24N4O. The van der Waals surface area contributed by atoms with Gasteiger partial charge >= 0.3 is 0 Å². The number of nitrogens with one attached hydrogen (secondary N) is 3. The fraction of sp³-hybridized carbons (Fsp3) is 0.318. The van der Waals surface area contributed by atoms with Crippen LogP contribution in [0.1, 0.15) is 24.0 Å². The van der Waals surface area contributed by atoms with Gasteiger partial charge in [-0.25, -0.2) is 0 Å². The number of carbonyl (C=O) groups is 1. The Kier molecular flexibility index (Phi) is 3.99. The van der Waals surface area contributed by atoms with Gasteiger partial charge in [-0.1, -0.05) is 36.4 Å². The Morgan fingerprint density at radius 3 is 2.67 bits per heavy atom. The van der Waals surface area contributed by atoms with E-state index in [0.29, 0.717) is 0 Å². The molecule has 0 radical (unpaired) electrons. The molecule has 2 aromatic carbocycles. The van der Waals surface area contributed by atoms with Gasteiger partial charge in [0.2, 0.25) is 5.91 Å². The van der Waals surface area contributed by atoms with Crippen LogP contribution < -0.4 is 10.6 Å². The number of nitrogens with zero attached hydrogens (tertiary/aromatic N) is 1. The van der Waals surface area contributed by atoms with Crippen LogP contribution in [0.15, 0.2) is 54.7 Å². The number of fused-ring (bicyclic) bond motifs is 2. The number of H-pyrrole nitrogens is 1.